The molecule has 1 aliphatic rings. The zero-order valence-corrected chi connectivity index (χ0v) is 12.2. The van der Waals surface area contributed by atoms with Gasteiger partial charge in [-0.15, -0.1) is 0 Å². The summed E-state index contributed by atoms with van der Waals surface area (Å²) >= 11 is 3.32. The molecule has 2 rings (SSSR count). The van der Waals surface area contributed by atoms with Crippen LogP contribution in [0, 0.1) is 0 Å². The molecule has 0 bridgehead atoms. The molecule has 0 saturated carbocycles. The van der Waals surface area contributed by atoms with Crippen LogP contribution < -0.4 is 4.74 Å². The van der Waals surface area contributed by atoms with Crippen molar-refractivity contribution in [2.24, 2.45) is 0 Å². The molecular formula is C14H17BrO4. The summed E-state index contributed by atoms with van der Waals surface area (Å²) in [5, 5.41) is 9.10. The van der Waals surface area contributed by atoms with Gasteiger partial charge in [0.15, 0.2) is 0 Å². The van der Waals surface area contributed by atoms with E-state index in [4.69, 9.17) is 14.6 Å². The van der Waals surface area contributed by atoms with Crippen molar-refractivity contribution in [2.45, 2.75) is 31.8 Å². The first-order valence-electron chi connectivity index (χ1n) is 6.44. The molecule has 0 aliphatic carbocycles. The SMILES string of the molecule is O=C(O)c1cccc(Br)c1OCCCC1CCCO1. The van der Waals surface area contributed by atoms with Crippen molar-refractivity contribution in [1.82, 2.24) is 0 Å². The quantitative estimate of drug-likeness (QED) is 0.812. The zero-order chi connectivity index (χ0) is 13.7. The summed E-state index contributed by atoms with van der Waals surface area (Å²) in [4.78, 5) is 11.1. The summed E-state index contributed by atoms with van der Waals surface area (Å²) in [6.45, 7) is 1.36. The Hall–Kier alpha value is -1.07. The Morgan fingerprint density at radius 3 is 3.05 bits per heavy atom. The third kappa shape index (κ3) is 3.94. The van der Waals surface area contributed by atoms with E-state index in [2.05, 4.69) is 15.9 Å². The van der Waals surface area contributed by atoms with Crippen molar-refractivity contribution in [2.75, 3.05) is 13.2 Å². The summed E-state index contributed by atoms with van der Waals surface area (Å²) in [5.74, 6) is -0.572. The Labute approximate surface area is 120 Å². The lowest BCUT2D eigenvalue weighted by atomic mass is 10.1. The van der Waals surface area contributed by atoms with Gasteiger partial charge in [0, 0.05) is 6.61 Å². The number of carbonyl (C=O) groups is 1. The first-order valence-corrected chi connectivity index (χ1v) is 7.24. The average Bonchev–Trinajstić information content (AvgIpc) is 2.88. The molecule has 1 N–H and O–H groups in total. The predicted octanol–water partition coefficient (Wildman–Crippen LogP) is 3.49. The van der Waals surface area contributed by atoms with Crippen molar-refractivity contribution in [3.8, 4) is 5.75 Å². The van der Waals surface area contributed by atoms with Gasteiger partial charge < -0.3 is 14.6 Å². The molecule has 1 fully saturated rings. The van der Waals surface area contributed by atoms with Crippen molar-refractivity contribution in [1.29, 1.82) is 0 Å². The van der Waals surface area contributed by atoms with Crippen molar-refractivity contribution >= 4 is 21.9 Å². The standard InChI is InChI=1S/C14H17BrO4/c15-12-7-1-6-11(14(16)17)13(12)19-9-3-5-10-4-2-8-18-10/h1,6-7,10H,2-5,8-9H2,(H,16,17). The smallest absolute Gasteiger partial charge is 0.339 e. The Balaban J connectivity index is 1.86. The molecule has 19 heavy (non-hydrogen) atoms. The average molecular weight is 329 g/mol. The van der Waals surface area contributed by atoms with Gasteiger partial charge in [-0.1, -0.05) is 6.07 Å². The molecule has 1 aromatic rings. The molecule has 1 atom stereocenters. The van der Waals surface area contributed by atoms with Crippen LogP contribution in [0.1, 0.15) is 36.0 Å². The molecule has 0 radical (unpaired) electrons. The van der Waals surface area contributed by atoms with Crippen LogP contribution in [0.4, 0.5) is 0 Å². The molecule has 1 aromatic carbocycles. The van der Waals surface area contributed by atoms with E-state index in [9.17, 15) is 4.79 Å². The van der Waals surface area contributed by atoms with Gasteiger partial charge in [0.2, 0.25) is 0 Å². The maximum Gasteiger partial charge on any atom is 0.339 e. The monoisotopic (exact) mass is 328 g/mol. The van der Waals surface area contributed by atoms with Gasteiger partial charge >= 0.3 is 5.97 Å². The highest BCUT2D eigenvalue weighted by molar-refractivity contribution is 9.10. The number of halogens is 1. The van der Waals surface area contributed by atoms with Crippen LogP contribution in [0.15, 0.2) is 22.7 Å². The van der Waals surface area contributed by atoms with Gasteiger partial charge in [-0.05, 0) is 53.7 Å². The van der Waals surface area contributed by atoms with Crippen LogP contribution in [0.3, 0.4) is 0 Å². The van der Waals surface area contributed by atoms with Gasteiger partial charge in [0.05, 0.1) is 17.2 Å². The lowest BCUT2D eigenvalue weighted by molar-refractivity contribution is 0.0690. The second-order valence-electron chi connectivity index (χ2n) is 4.55. The van der Waals surface area contributed by atoms with E-state index in [0.29, 0.717) is 22.9 Å². The fourth-order valence-electron chi connectivity index (χ4n) is 2.18. The van der Waals surface area contributed by atoms with Crippen LogP contribution in [0.2, 0.25) is 0 Å². The zero-order valence-electron chi connectivity index (χ0n) is 10.6. The van der Waals surface area contributed by atoms with Crippen molar-refractivity contribution in [3.63, 3.8) is 0 Å². The molecule has 1 aliphatic heterocycles. The van der Waals surface area contributed by atoms with E-state index in [0.717, 1.165) is 32.3 Å². The first kappa shape index (κ1) is 14.3. The number of aromatic carboxylic acids is 1. The third-order valence-electron chi connectivity index (χ3n) is 3.14. The second kappa shape index (κ2) is 6.91. The minimum atomic E-state index is -0.976. The molecule has 4 nitrogen and oxygen atoms in total. The summed E-state index contributed by atoms with van der Waals surface area (Å²) < 4.78 is 11.8. The minimum Gasteiger partial charge on any atom is -0.491 e. The van der Waals surface area contributed by atoms with Crippen LogP contribution in [0.5, 0.6) is 5.75 Å². The first-order chi connectivity index (χ1) is 9.18. The Bertz CT molecular complexity index is 441. The summed E-state index contributed by atoms with van der Waals surface area (Å²) in [6, 6.07) is 5.01. The van der Waals surface area contributed by atoms with Crippen molar-refractivity contribution in [3.05, 3.63) is 28.2 Å². The molecule has 1 heterocycles. The number of rotatable bonds is 6. The van der Waals surface area contributed by atoms with Gasteiger partial charge in [-0.25, -0.2) is 4.79 Å². The van der Waals surface area contributed by atoms with Crippen LogP contribution in [-0.2, 0) is 4.74 Å². The number of benzene rings is 1. The normalized spacial score (nSPS) is 18.5. The van der Waals surface area contributed by atoms with Crippen LogP contribution >= 0.6 is 15.9 Å². The number of hydrogen-bond acceptors (Lipinski definition) is 3. The fourth-order valence-corrected chi connectivity index (χ4v) is 2.66. The Morgan fingerprint density at radius 2 is 2.37 bits per heavy atom. The van der Waals surface area contributed by atoms with Crippen LogP contribution in [-0.4, -0.2) is 30.4 Å². The maximum atomic E-state index is 11.1. The largest absolute Gasteiger partial charge is 0.491 e. The maximum absolute atomic E-state index is 11.1. The number of carboxylic acids is 1. The molecule has 0 spiro atoms. The number of hydrogen-bond donors (Lipinski definition) is 1. The number of ether oxygens (including phenoxy) is 2. The molecule has 104 valence electrons. The highest BCUT2D eigenvalue weighted by Crippen LogP contribution is 2.29. The third-order valence-corrected chi connectivity index (χ3v) is 3.76. The fraction of sp³-hybridized carbons (Fsp3) is 0.500. The number of carboxylic acid groups (broad SMARTS) is 1. The van der Waals surface area contributed by atoms with Gasteiger partial charge in [-0.2, -0.15) is 0 Å². The van der Waals surface area contributed by atoms with E-state index in [1.807, 2.05) is 0 Å². The van der Waals surface area contributed by atoms with E-state index in [-0.39, 0.29) is 5.56 Å². The molecule has 5 heteroatoms. The van der Waals surface area contributed by atoms with E-state index >= 15 is 0 Å². The summed E-state index contributed by atoms with van der Waals surface area (Å²) in [5.41, 5.74) is 0.187. The van der Waals surface area contributed by atoms with E-state index in [1.165, 1.54) is 0 Å². The van der Waals surface area contributed by atoms with Gasteiger partial charge in [-0.3, -0.25) is 0 Å². The molecule has 1 saturated heterocycles. The van der Waals surface area contributed by atoms with E-state index < -0.39 is 5.97 Å². The Kier molecular flexibility index (Phi) is 5.22. The molecular weight excluding hydrogens is 312 g/mol. The minimum absolute atomic E-state index is 0.187. The predicted molar refractivity (Wildman–Crippen MR) is 74.8 cm³/mol. The van der Waals surface area contributed by atoms with Crippen molar-refractivity contribution < 1.29 is 19.4 Å². The Morgan fingerprint density at radius 1 is 1.53 bits per heavy atom. The van der Waals surface area contributed by atoms with Crippen LogP contribution in [0.25, 0.3) is 0 Å². The lowest BCUT2D eigenvalue weighted by Crippen LogP contribution is -2.09. The highest BCUT2D eigenvalue weighted by atomic mass is 79.9. The summed E-state index contributed by atoms with van der Waals surface area (Å²) in [7, 11) is 0. The van der Waals surface area contributed by atoms with Gasteiger partial charge in [0.25, 0.3) is 0 Å². The second-order valence-corrected chi connectivity index (χ2v) is 5.40. The molecule has 0 amide bonds. The highest BCUT2D eigenvalue weighted by Gasteiger charge is 2.16. The van der Waals surface area contributed by atoms with Gasteiger partial charge in [0.1, 0.15) is 11.3 Å². The molecule has 0 aromatic heterocycles. The van der Waals surface area contributed by atoms with E-state index in [1.54, 1.807) is 18.2 Å². The topological polar surface area (TPSA) is 55.8 Å². The lowest BCUT2D eigenvalue weighted by Gasteiger charge is -2.12. The summed E-state index contributed by atoms with van der Waals surface area (Å²) in [6.07, 6.45) is 4.44. The molecule has 1 unspecified atom stereocenters. The number of para-hydroxylation sites is 1.